The smallest absolute Gasteiger partial charge is 0.258 e. The maximum Gasteiger partial charge on any atom is 0.288 e. The van der Waals surface area contributed by atoms with Crippen LogP contribution in [0.5, 0.6) is 0 Å². The molecule has 0 heterocycles. The van der Waals surface area contributed by atoms with Crippen LogP contribution in [0.4, 0.5) is 5.69 Å². The highest BCUT2D eigenvalue weighted by Gasteiger charge is 2.91. The molecular weight excluding hydrogens is 747 g/mol. The molecule has 0 aromatic heterocycles. The van der Waals surface area contributed by atoms with Gasteiger partial charge in [-0.25, -0.2) is 0 Å². The van der Waals surface area contributed by atoms with Gasteiger partial charge in [0.2, 0.25) is 0 Å². The molecule has 0 spiro atoms. The lowest BCUT2D eigenvalue weighted by atomic mass is 9.57. The molecular formula is C20H6Cl13NO2. The van der Waals surface area contributed by atoms with Crippen molar-refractivity contribution in [2.45, 2.75) is 40.0 Å². The van der Waals surface area contributed by atoms with E-state index in [1.54, 1.807) is 0 Å². The van der Waals surface area contributed by atoms with Gasteiger partial charge in [-0.2, -0.15) is 0 Å². The van der Waals surface area contributed by atoms with Crippen molar-refractivity contribution in [2.75, 3.05) is 0 Å². The van der Waals surface area contributed by atoms with Gasteiger partial charge in [-0.3, -0.25) is 10.1 Å². The number of nitrogens with zero attached hydrogens (tertiary/aromatic N) is 1. The number of hydrogen-bond donors (Lipinski definition) is 0. The monoisotopic (exact) mass is 747 g/mol. The summed E-state index contributed by atoms with van der Waals surface area (Å²) in [5.74, 6) is -3.78. The third kappa shape index (κ3) is 2.43. The van der Waals surface area contributed by atoms with Crippen LogP contribution in [0, 0.1) is 22.0 Å². The number of fused-ring (bicyclic) bond motifs is 14. The summed E-state index contributed by atoms with van der Waals surface area (Å²) in [5, 5.41) is 11.3. The topological polar surface area (TPSA) is 43.1 Å². The molecule has 3 nitrogen and oxygen atoms in total. The van der Waals surface area contributed by atoms with E-state index < -0.39 is 62.4 Å². The van der Waals surface area contributed by atoms with Crippen molar-refractivity contribution in [1.29, 1.82) is 0 Å². The molecule has 0 amide bonds. The average Bonchev–Trinajstić information content (AvgIpc) is 3.12. The summed E-state index contributed by atoms with van der Waals surface area (Å²) in [5.41, 5.74) is 0.288. The number of nitro benzene ring substituents is 1. The zero-order valence-electron chi connectivity index (χ0n) is 16.6. The first-order chi connectivity index (χ1) is 16.3. The van der Waals surface area contributed by atoms with E-state index in [0.29, 0.717) is 11.1 Å². The molecule has 36 heavy (non-hydrogen) atoms. The van der Waals surface area contributed by atoms with Crippen LogP contribution in [0.15, 0.2) is 32.3 Å². The Morgan fingerprint density at radius 1 is 0.611 bits per heavy atom. The number of halogens is 13. The molecule has 2 fully saturated rings. The number of nitro groups is 1. The van der Waals surface area contributed by atoms with Gasteiger partial charge in [-0.05, 0) is 17.2 Å². The van der Waals surface area contributed by atoms with Crippen LogP contribution in [0.3, 0.4) is 0 Å². The van der Waals surface area contributed by atoms with Crippen molar-refractivity contribution in [3.05, 3.63) is 58.5 Å². The third-order valence-corrected chi connectivity index (χ3v) is 17.2. The lowest BCUT2D eigenvalue weighted by molar-refractivity contribution is -0.384. The van der Waals surface area contributed by atoms with E-state index in [1.807, 2.05) is 0 Å². The summed E-state index contributed by atoms with van der Waals surface area (Å²) < 4.78 is -4.02. The predicted molar refractivity (Wildman–Crippen MR) is 151 cm³/mol. The van der Waals surface area contributed by atoms with Crippen molar-refractivity contribution < 1.29 is 4.92 Å². The van der Waals surface area contributed by atoms with Crippen LogP contribution >= 0.6 is 151 Å². The Balaban J connectivity index is 1.80. The second-order valence-electron chi connectivity index (χ2n) is 9.45. The Hall–Kier alpha value is 1.87. The summed E-state index contributed by atoms with van der Waals surface area (Å²) >= 11 is 89.3. The van der Waals surface area contributed by atoms with E-state index in [1.165, 1.54) is 12.1 Å². The van der Waals surface area contributed by atoms with Crippen molar-refractivity contribution in [2.24, 2.45) is 11.8 Å². The Bertz CT molecular complexity index is 1390. The van der Waals surface area contributed by atoms with Crippen molar-refractivity contribution in [1.82, 2.24) is 0 Å². The van der Waals surface area contributed by atoms with E-state index in [2.05, 4.69) is 0 Å². The highest BCUT2D eigenvalue weighted by Crippen LogP contribution is 2.88. The quantitative estimate of drug-likeness (QED) is 0.163. The van der Waals surface area contributed by atoms with E-state index in [0.717, 1.165) is 0 Å². The number of allylic oxidation sites excluding steroid dienone is 4. The van der Waals surface area contributed by atoms with Crippen LogP contribution in [-0.2, 0) is 0 Å². The van der Waals surface area contributed by atoms with E-state index in [-0.39, 0.29) is 25.2 Å². The van der Waals surface area contributed by atoms with Crippen molar-refractivity contribution in [3.63, 3.8) is 0 Å². The van der Waals surface area contributed by atoms with Crippen LogP contribution in [-0.4, -0.2) is 33.1 Å². The zero-order valence-corrected chi connectivity index (χ0v) is 26.5. The minimum absolute atomic E-state index is 0.0824. The Kier molecular flexibility index (Phi) is 5.93. The van der Waals surface area contributed by atoms with Gasteiger partial charge in [0.15, 0.2) is 8.67 Å². The Morgan fingerprint density at radius 2 is 0.944 bits per heavy atom. The summed E-state index contributed by atoms with van der Waals surface area (Å²) in [6.45, 7) is 0. The average molecular weight is 753 g/mol. The molecule has 4 bridgehead atoms. The van der Waals surface area contributed by atoms with Gasteiger partial charge in [-0.15, -0.1) is 46.4 Å². The van der Waals surface area contributed by atoms with E-state index in [9.17, 15) is 10.1 Å². The highest BCUT2D eigenvalue weighted by molar-refractivity contribution is 6.67. The maximum atomic E-state index is 11.8. The maximum absolute atomic E-state index is 11.8. The normalized spacial score (nSPS) is 46.8. The molecule has 16 heteroatoms. The molecule has 5 aliphatic carbocycles. The first-order valence-corrected chi connectivity index (χ1v) is 14.8. The molecule has 194 valence electrons. The fourth-order valence-electron chi connectivity index (χ4n) is 7.05. The van der Waals surface area contributed by atoms with Gasteiger partial charge in [-0.1, -0.05) is 104 Å². The molecule has 0 saturated heterocycles. The standard InChI is InChI=1S/C20H6Cl13NO2/c21-5-1-3-4(2-6(5)34(35)36)8-10(18(29)14(25)12(23)16(8,27)20(18,32)33)9-7(3)15(26)11(22)13(24)17(9,28)19(15,30)31/h1-2,7-10H/t7-,8-,9-,10-,15-,16-,17-,18-/m1/s1. The fraction of sp³-hybridized carbons (Fsp3) is 0.500. The van der Waals surface area contributed by atoms with Crippen LogP contribution < -0.4 is 0 Å². The lowest BCUT2D eigenvalue weighted by Crippen LogP contribution is -2.53. The second kappa shape index (κ2) is 7.63. The summed E-state index contributed by atoms with van der Waals surface area (Å²) in [6.07, 6.45) is 0. The first kappa shape index (κ1) is 28.0. The van der Waals surface area contributed by atoms with Crippen LogP contribution in [0.2, 0.25) is 5.02 Å². The Labute approximate surface area is 269 Å². The van der Waals surface area contributed by atoms with Gasteiger partial charge in [0, 0.05) is 29.7 Å². The van der Waals surface area contributed by atoms with Crippen LogP contribution in [0.25, 0.3) is 0 Å². The summed E-state index contributed by atoms with van der Waals surface area (Å²) in [7, 11) is 0. The first-order valence-electron chi connectivity index (χ1n) is 9.93. The summed E-state index contributed by atoms with van der Waals surface area (Å²) in [6, 6.07) is 2.64. The van der Waals surface area contributed by atoms with Gasteiger partial charge >= 0.3 is 0 Å². The molecule has 0 aliphatic heterocycles. The highest BCUT2D eigenvalue weighted by atomic mass is 35.5. The molecule has 0 unspecified atom stereocenters. The SMILES string of the molecule is O=[N+]([O-])c1cc2c(cc1Cl)[C@@H]1[C@H]([C@H]3[C@@H]2[C@@]2(Cl)C(Cl)=C(Cl)[C@@]3(Cl)C2(Cl)Cl)[C@@]2(Cl)C(Cl)=C(Cl)[C@@]1(Cl)C2(Cl)Cl. The molecule has 0 radical (unpaired) electrons. The van der Waals surface area contributed by atoms with Gasteiger partial charge in [0.05, 0.1) is 25.1 Å². The number of rotatable bonds is 1. The molecule has 1 aromatic carbocycles. The molecule has 6 rings (SSSR count). The minimum atomic E-state index is -2.02. The third-order valence-electron chi connectivity index (χ3n) is 8.39. The fourth-order valence-corrected chi connectivity index (χ4v) is 13.3. The van der Waals surface area contributed by atoms with Crippen LogP contribution in [0.1, 0.15) is 23.0 Å². The predicted octanol–water partition coefficient (Wildman–Crippen LogP) is 10.4. The molecule has 2 saturated carbocycles. The minimum Gasteiger partial charge on any atom is -0.258 e. The van der Waals surface area contributed by atoms with Gasteiger partial charge in [0.25, 0.3) is 5.69 Å². The van der Waals surface area contributed by atoms with E-state index in [4.69, 9.17) is 151 Å². The lowest BCUT2D eigenvalue weighted by Gasteiger charge is -2.52. The number of hydrogen-bond acceptors (Lipinski definition) is 2. The van der Waals surface area contributed by atoms with E-state index >= 15 is 0 Å². The van der Waals surface area contributed by atoms with Crippen molar-refractivity contribution in [3.8, 4) is 0 Å². The number of alkyl halides is 8. The van der Waals surface area contributed by atoms with Gasteiger partial charge in [0.1, 0.15) is 24.5 Å². The molecule has 0 N–H and O–H groups in total. The molecule has 5 aliphatic rings. The van der Waals surface area contributed by atoms with Crippen molar-refractivity contribution >= 4 is 156 Å². The second-order valence-corrected chi connectivity index (χ2v) is 16.4. The zero-order chi connectivity index (χ0) is 26.9. The largest absolute Gasteiger partial charge is 0.288 e. The van der Waals surface area contributed by atoms with Gasteiger partial charge < -0.3 is 0 Å². The Morgan fingerprint density at radius 3 is 1.31 bits per heavy atom. The molecule has 8 atom stereocenters. The number of benzene rings is 1. The summed E-state index contributed by atoms with van der Waals surface area (Å²) in [4.78, 5) is 3.89. The molecule has 1 aromatic rings.